The molecule has 0 aromatic carbocycles. The van der Waals surface area contributed by atoms with Gasteiger partial charge in [0, 0.05) is 28.9 Å². The van der Waals surface area contributed by atoms with Crippen molar-refractivity contribution >= 4 is 5.97 Å². The maximum atomic E-state index is 10.1. The summed E-state index contributed by atoms with van der Waals surface area (Å²) in [4.78, 5) is 17.2. The summed E-state index contributed by atoms with van der Waals surface area (Å²) in [6.45, 7) is 0. The monoisotopic (exact) mass is 182 g/mol. The number of aromatic nitrogens is 2. The fourth-order valence-electron chi connectivity index (χ4n) is 0.410. The number of hydrogen-bond acceptors (Lipinski definition) is 3. The van der Waals surface area contributed by atoms with Crippen LogP contribution in [0, 0.1) is 0 Å². The van der Waals surface area contributed by atoms with Crippen molar-refractivity contribution in [2.75, 3.05) is 0 Å². The van der Waals surface area contributed by atoms with Crippen LogP contribution in [0.3, 0.4) is 0 Å². The van der Waals surface area contributed by atoms with Gasteiger partial charge in [-0.15, -0.1) is 0 Å². The maximum Gasteiger partial charge on any atom is 0.356 e. The van der Waals surface area contributed by atoms with Gasteiger partial charge >= 0.3 is 5.97 Å². The van der Waals surface area contributed by atoms with E-state index in [0.29, 0.717) is 0 Å². The molecule has 56 valence electrons. The van der Waals surface area contributed by atoms with Gasteiger partial charge in [0.05, 0.1) is 6.20 Å². The fourth-order valence-corrected chi connectivity index (χ4v) is 0.410. The summed E-state index contributed by atoms with van der Waals surface area (Å²) < 4.78 is 0. The van der Waals surface area contributed by atoms with Crippen molar-refractivity contribution in [3.8, 4) is 0 Å². The molecule has 0 unspecified atom stereocenters. The van der Waals surface area contributed by atoms with E-state index in [2.05, 4.69) is 9.97 Å². The van der Waals surface area contributed by atoms with Crippen LogP contribution in [-0.2, 0) is 16.5 Å². The summed E-state index contributed by atoms with van der Waals surface area (Å²) in [6.07, 6.45) is 3.96. The van der Waals surface area contributed by atoms with E-state index < -0.39 is 5.97 Å². The number of carboxylic acid groups (broad SMARTS) is 1. The number of rotatable bonds is 1. The van der Waals surface area contributed by atoms with Crippen LogP contribution in [0.4, 0.5) is 0 Å². The minimum Gasteiger partial charge on any atom is -0.476 e. The van der Waals surface area contributed by atoms with E-state index in [1.54, 1.807) is 0 Å². The normalized spacial score (nSPS) is 8.00. The van der Waals surface area contributed by atoms with Gasteiger partial charge in [-0.1, -0.05) is 0 Å². The van der Waals surface area contributed by atoms with Crippen molar-refractivity contribution in [3.63, 3.8) is 0 Å². The van der Waals surface area contributed by atoms with Gasteiger partial charge in [0.25, 0.3) is 0 Å². The van der Waals surface area contributed by atoms with Crippen LogP contribution in [-0.4, -0.2) is 21.0 Å². The molecule has 1 heterocycles. The minimum atomic E-state index is -1.05. The number of nitrogens with zero attached hydrogens (tertiary/aromatic N) is 2. The van der Waals surface area contributed by atoms with Gasteiger partial charge in [-0.3, -0.25) is 4.98 Å². The Labute approximate surface area is 67.2 Å². The zero-order valence-electron chi connectivity index (χ0n) is 4.80. The van der Waals surface area contributed by atoms with E-state index in [1.165, 1.54) is 18.6 Å². The molecule has 1 N–H and O–H groups in total. The van der Waals surface area contributed by atoms with E-state index in [1.807, 2.05) is 0 Å². The van der Waals surface area contributed by atoms with Gasteiger partial charge in [-0.25, -0.2) is 9.78 Å². The first-order valence-corrected chi connectivity index (χ1v) is 2.30. The molecule has 0 aliphatic rings. The molecule has 4 nitrogen and oxygen atoms in total. The zero-order valence-corrected chi connectivity index (χ0v) is 5.79. The van der Waals surface area contributed by atoms with E-state index in [0.717, 1.165) is 0 Å². The maximum absolute atomic E-state index is 10.1. The van der Waals surface area contributed by atoms with Gasteiger partial charge in [0.15, 0.2) is 5.69 Å². The van der Waals surface area contributed by atoms with E-state index in [9.17, 15) is 4.79 Å². The van der Waals surface area contributed by atoms with Crippen LogP contribution in [0.5, 0.6) is 0 Å². The molecule has 1 rings (SSSR count). The van der Waals surface area contributed by atoms with Crippen LogP contribution >= 0.6 is 0 Å². The number of carbonyl (C=O) groups is 1. The molecule has 1 aromatic rings. The topological polar surface area (TPSA) is 63.1 Å². The summed E-state index contributed by atoms with van der Waals surface area (Å²) in [6, 6.07) is 0. The van der Waals surface area contributed by atoms with Gasteiger partial charge < -0.3 is 5.11 Å². The second-order valence-corrected chi connectivity index (χ2v) is 1.40. The van der Waals surface area contributed by atoms with Gasteiger partial charge in [0.2, 0.25) is 0 Å². The average molecular weight is 183 g/mol. The minimum absolute atomic E-state index is 0. The number of hydrogen-bond donors (Lipinski definition) is 1. The average Bonchev–Trinajstić information content (AvgIpc) is 1.90. The predicted octanol–water partition coefficient (Wildman–Crippen LogP) is 0.172. The summed E-state index contributed by atoms with van der Waals surface area (Å²) in [5, 5.41) is 8.28. The molecular formula is C5H4N2NiO2. The Morgan fingerprint density at radius 3 is 2.50 bits per heavy atom. The molecule has 0 atom stereocenters. The standard InChI is InChI=1S/C5H4N2O2.Ni/c8-5(9)4-3-6-1-2-7-4;/h1-3H,(H,8,9);. The summed E-state index contributed by atoms with van der Waals surface area (Å²) in [5.74, 6) is -1.05. The van der Waals surface area contributed by atoms with Crippen molar-refractivity contribution in [3.05, 3.63) is 24.3 Å². The van der Waals surface area contributed by atoms with Crippen molar-refractivity contribution in [1.82, 2.24) is 9.97 Å². The van der Waals surface area contributed by atoms with Gasteiger partial charge in [-0.05, 0) is 0 Å². The third kappa shape index (κ3) is 2.11. The SMILES string of the molecule is O=C(O)c1cnccn1.[Ni]. The molecule has 0 saturated heterocycles. The van der Waals surface area contributed by atoms with E-state index >= 15 is 0 Å². The predicted molar refractivity (Wildman–Crippen MR) is 29.0 cm³/mol. The second-order valence-electron chi connectivity index (χ2n) is 1.40. The summed E-state index contributed by atoms with van der Waals surface area (Å²) in [7, 11) is 0. The summed E-state index contributed by atoms with van der Waals surface area (Å²) >= 11 is 0. The second kappa shape index (κ2) is 3.96. The Morgan fingerprint density at radius 2 is 2.20 bits per heavy atom. The first kappa shape index (κ1) is 9.04. The van der Waals surface area contributed by atoms with Gasteiger partial charge in [0.1, 0.15) is 0 Å². The molecule has 0 aliphatic carbocycles. The zero-order chi connectivity index (χ0) is 6.69. The van der Waals surface area contributed by atoms with Crippen molar-refractivity contribution in [2.24, 2.45) is 0 Å². The molecule has 0 fully saturated rings. The molecule has 5 heteroatoms. The molecule has 0 saturated carbocycles. The molecule has 0 amide bonds. The molecule has 0 radical (unpaired) electrons. The molecule has 0 aliphatic heterocycles. The Hall–Kier alpha value is -0.956. The van der Waals surface area contributed by atoms with E-state index in [-0.39, 0.29) is 22.2 Å². The smallest absolute Gasteiger partial charge is 0.356 e. The molecule has 1 aromatic heterocycles. The quantitative estimate of drug-likeness (QED) is 0.630. The molecule has 0 spiro atoms. The van der Waals surface area contributed by atoms with Crippen LogP contribution in [0.2, 0.25) is 0 Å². The van der Waals surface area contributed by atoms with E-state index in [4.69, 9.17) is 5.11 Å². The Kier molecular flexibility index (Phi) is 3.58. The van der Waals surface area contributed by atoms with Crippen molar-refractivity contribution < 1.29 is 26.4 Å². The van der Waals surface area contributed by atoms with Crippen LogP contribution in [0.15, 0.2) is 18.6 Å². The molecule has 0 bridgehead atoms. The first-order valence-electron chi connectivity index (χ1n) is 2.30. The molecular weight excluding hydrogens is 179 g/mol. The largest absolute Gasteiger partial charge is 0.476 e. The summed E-state index contributed by atoms with van der Waals surface area (Å²) in [5.41, 5.74) is -0.0301. The Balaban J connectivity index is 0.000000810. The number of carboxylic acids is 1. The van der Waals surface area contributed by atoms with Crippen LogP contribution in [0.1, 0.15) is 10.5 Å². The van der Waals surface area contributed by atoms with Crippen LogP contribution in [0.25, 0.3) is 0 Å². The third-order valence-corrected chi connectivity index (χ3v) is 0.782. The van der Waals surface area contributed by atoms with Gasteiger partial charge in [-0.2, -0.15) is 0 Å². The third-order valence-electron chi connectivity index (χ3n) is 0.782. The van der Waals surface area contributed by atoms with Crippen molar-refractivity contribution in [2.45, 2.75) is 0 Å². The first-order chi connectivity index (χ1) is 4.30. The van der Waals surface area contributed by atoms with Crippen LogP contribution < -0.4 is 0 Å². The fraction of sp³-hybridized carbons (Fsp3) is 0. The molecule has 10 heavy (non-hydrogen) atoms. The Morgan fingerprint density at radius 1 is 1.50 bits per heavy atom. The van der Waals surface area contributed by atoms with Crippen molar-refractivity contribution in [1.29, 1.82) is 0 Å². The Bertz CT molecular complexity index is 214. The number of aromatic carboxylic acids is 1.